The van der Waals surface area contributed by atoms with Gasteiger partial charge in [-0.25, -0.2) is 0 Å². The molecule has 0 amide bonds. The third kappa shape index (κ3) is 2.69. The summed E-state index contributed by atoms with van der Waals surface area (Å²) in [6.07, 6.45) is -4.53. The van der Waals surface area contributed by atoms with Crippen LogP contribution in [0.25, 0.3) is 0 Å². The molecule has 1 rings (SSSR count). The molecule has 0 bridgehead atoms. The van der Waals surface area contributed by atoms with E-state index in [1.54, 1.807) is 0 Å². The minimum absolute atomic E-state index is 0.146. The molecule has 0 unspecified atom stereocenters. The molecule has 0 aliphatic carbocycles. The molecule has 0 saturated carbocycles. The first-order valence-corrected chi connectivity index (χ1v) is 5.22. The van der Waals surface area contributed by atoms with Gasteiger partial charge in [-0.2, -0.15) is 21.6 Å². The maximum atomic E-state index is 12.2. The van der Waals surface area contributed by atoms with E-state index in [4.69, 9.17) is 4.55 Å². The van der Waals surface area contributed by atoms with Gasteiger partial charge in [-0.1, -0.05) is 0 Å². The molecule has 1 aromatic rings. The number of benzene rings is 1. The predicted molar refractivity (Wildman–Crippen MR) is 46.0 cm³/mol. The van der Waals surface area contributed by atoms with Crippen molar-refractivity contribution in [1.29, 1.82) is 0 Å². The highest BCUT2D eigenvalue weighted by atomic mass is 32.2. The van der Waals surface area contributed by atoms with Crippen molar-refractivity contribution in [1.82, 2.24) is 0 Å². The Morgan fingerprint density at radius 1 is 1.27 bits per heavy atom. The molecular weight excluding hydrogens is 233 g/mol. The molecule has 0 aliphatic rings. The van der Waals surface area contributed by atoms with E-state index in [2.05, 4.69) is 0 Å². The quantitative estimate of drug-likeness (QED) is 0.766. The Morgan fingerprint density at radius 3 is 2.13 bits per heavy atom. The van der Waals surface area contributed by atoms with Crippen LogP contribution >= 0.6 is 0 Å². The summed E-state index contributed by atoms with van der Waals surface area (Å²) in [4.78, 5) is -0.518. The van der Waals surface area contributed by atoms with E-state index in [-0.39, 0.29) is 5.56 Å². The first-order chi connectivity index (χ1) is 6.62. The molecule has 1 aromatic carbocycles. The zero-order valence-corrected chi connectivity index (χ0v) is 8.35. The first kappa shape index (κ1) is 12.0. The van der Waals surface area contributed by atoms with Gasteiger partial charge < -0.3 is 0 Å². The lowest BCUT2D eigenvalue weighted by molar-refractivity contribution is -0.137. The van der Waals surface area contributed by atoms with Crippen molar-refractivity contribution in [2.45, 2.75) is 18.0 Å². The van der Waals surface area contributed by atoms with E-state index < -0.39 is 26.8 Å². The molecule has 7 heteroatoms. The number of hydrogen-bond acceptors (Lipinski definition) is 2. The van der Waals surface area contributed by atoms with Crippen LogP contribution in [0, 0.1) is 6.92 Å². The van der Waals surface area contributed by atoms with Gasteiger partial charge in [0.2, 0.25) is 0 Å². The Hall–Kier alpha value is -1.08. The van der Waals surface area contributed by atoms with E-state index in [0.29, 0.717) is 12.1 Å². The summed E-state index contributed by atoms with van der Waals surface area (Å²) in [5.41, 5.74) is -1.10. The minimum Gasteiger partial charge on any atom is -0.282 e. The molecule has 3 nitrogen and oxygen atoms in total. The van der Waals surface area contributed by atoms with Gasteiger partial charge in [0.1, 0.15) is 0 Å². The second-order valence-corrected chi connectivity index (χ2v) is 4.34. The molecule has 0 heterocycles. The Balaban J connectivity index is 3.34. The summed E-state index contributed by atoms with van der Waals surface area (Å²) in [6.45, 7) is 1.18. The molecule has 0 saturated heterocycles. The summed E-state index contributed by atoms with van der Waals surface area (Å²) >= 11 is 0. The second-order valence-electron chi connectivity index (χ2n) is 2.95. The van der Waals surface area contributed by atoms with Gasteiger partial charge in [0.25, 0.3) is 10.1 Å². The third-order valence-corrected chi connectivity index (χ3v) is 2.79. The van der Waals surface area contributed by atoms with E-state index in [1.807, 2.05) is 0 Å². The van der Waals surface area contributed by atoms with Gasteiger partial charge in [-0.05, 0) is 30.7 Å². The summed E-state index contributed by atoms with van der Waals surface area (Å²) in [5.74, 6) is 0. The fraction of sp³-hybridized carbons (Fsp3) is 0.250. The molecule has 0 fully saturated rings. The lowest BCUT2D eigenvalue weighted by atomic mass is 10.1. The van der Waals surface area contributed by atoms with Gasteiger partial charge in [-0.3, -0.25) is 4.55 Å². The highest BCUT2D eigenvalue weighted by molar-refractivity contribution is 7.85. The maximum Gasteiger partial charge on any atom is 0.416 e. The van der Waals surface area contributed by atoms with Gasteiger partial charge in [0.05, 0.1) is 10.5 Å². The lowest BCUT2D eigenvalue weighted by Crippen LogP contribution is -2.07. The van der Waals surface area contributed by atoms with Crippen LogP contribution in [0.3, 0.4) is 0 Å². The molecule has 0 aromatic heterocycles. The van der Waals surface area contributed by atoms with Crippen molar-refractivity contribution in [2.75, 3.05) is 0 Å². The fourth-order valence-electron chi connectivity index (χ4n) is 1.12. The predicted octanol–water partition coefficient (Wildman–Crippen LogP) is 2.26. The van der Waals surface area contributed by atoms with Crippen LogP contribution < -0.4 is 0 Å². The Labute approximate surface area is 84.3 Å². The summed E-state index contributed by atoms with van der Waals surface area (Å²) in [6, 6.07) is 2.01. The number of rotatable bonds is 1. The third-order valence-electron chi connectivity index (χ3n) is 1.78. The molecule has 0 aliphatic heterocycles. The van der Waals surface area contributed by atoms with Crippen molar-refractivity contribution >= 4 is 10.1 Å². The number of alkyl halides is 3. The average Bonchev–Trinajstić information content (AvgIpc) is 1.99. The molecular formula is C8H7F3O3S. The standard InChI is InChI=1S/C8H7F3O3S/c1-5-4-6(8(9,10)11)2-3-7(5)15(12,13)14/h2-4H,1H3,(H,12,13,14). The van der Waals surface area contributed by atoms with Crippen molar-refractivity contribution in [3.05, 3.63) is 29.3 Å². The van der Waals surface area contributed by atoms with Crippen molar-refractivity contribution in [2.24, 2.45) is 0 Å². The van der Waals surface area contributed by atoms with E-state index >= 15 is 0 Å². The van der Waals surface area contributed by atoms with Crippen LogP contribution in [0.2, 0.25) is 0 Å². The van der Waals surface area contributed by atoms with E-state index in [1.165, 1.54) is 6.92 Å². The van der Waals surface area contributed by atoms with Gasteiger partial charge in [-0.15, -0.1) is 0 Å². The van der Waals surface area contributed by atoms with Crippen LogP contribution in [0.5, 0.6) is 0 Å². The topological polar surface area (TPSA) is 54.4 Å². The maximum absolute atomic E-state index is 12.2. The Kier molecular flexibility index (Phi) is 2.79. The average molecular weight is 240 g/mol. The van der Waals surface area contributed by atoms with Gasteiger partial charge >= 0.3 is 6.18 Å². The normalized spacial score (nSPS) is 12.9. The van der Waals surface area contributed by atoms with Crippen LogP contribution in [0.4, 0.5) is 13.2 Å². The summed E-state index contributed by atoms with van der Waals surface area (Å²) in [5, 5.41) is 0. The zero-order valence-electron chi connectivity index (χ0n) is 7.54. The second kappa shape index (κ2) is 3.49. The SMILES string of the molecule is Cc1cc(C(F)(F)F)ccc1S(=O)(=O)O. The number of hydrogen-bond donors (Lipinski definition) is 1. The molecule has 1 N–H and O–H groups in total. The van der Waals surface area contributed by atoms with Gasteiger partial charge in [0, 0.05) is 0 Å². The monoisotopic (exact) mass is 240 g/mol. The van der Waals surface area contributed by atoms with Crippen molar-refractivity contribution < 1.29 is 26.1 Å². The highest BCUT2D eigenvalue weighted by Crippen LogP contribution is 2.31. The molecule has 0 atom stereocenters. The Bertz CT molecular complexity index is 476. The number of halogens is 3. The number of aryl methyl sites for hydroxylation is 1. The molecule has 15 heavy (non-hydrogen) atoms. The van der Waals surface area contributed by atoms with Crippen LogP contribution in [0.15, 0.2) is 23.1 Å². The molecule has 0 spiro atoms. The van der Waals surface area contributed by atoms with Gasteiger partial charge in [0.15, 0.2) is 0 Å². The smallest absolute Gasteiger partial charge is 0.282 e. The summed E-state index contributed by atoms with van der Waals surface area (Å²) < 4.78 is 66.6. The van der Waals surface area contributed by atoms with Crippen LogP contribution in [-0.4, -0.2) is 13.0 Å². The van der Waals surface area contributed by atoms with E-state index in [9.17, 15) is 21.6 Å². The first-order valence-electron chi connectivity index (χ1n) is 3.78. The minimum atomic E-state index is -4.53. The van der Waals surface area contributed by atoms with Crippen molar-refractivity contribution in [3.8, 4) is 0 Å². The zero-order chi connectivity index (χ0) is 11.9. The molecule has 84 valence electrons. The van der Waals surface area contributed by atoms with Crippen LogP contribution in [-0.2, 0) is 16.3 Å². The lowest BCUT2D eigenvalue weighted by Gasteiger charge is -2.09. The largest absolute Gasteiger partial charge is 0.416 e. The van der Waals surface area contributed by atoms with Crippen LogP contribution in [0.1, 0.15) is 11.1 Å². The highest BCUT2D eigenvalue weighted by Gasteiger charge is 2.31. The van der Waals surface area contributed by atoms with E-state index in [0.717, 1.165) is 6.07 Å². The van der Waals surface area contributed by atoms with Crippen molar-refractivity contribution in [3.63, 3.8) is 0 Å². The summed E-state index contributed by atoms with van der Waals surface area (Å²) in [7, 11) is -4.46. The fourth-order valence-corrected chi connectivity index (χ4v) is 1.82. The molecule has 0 radical (unpaired) electrons. The Morgan fingerprint density at radius 2 is 1.80 bits per heavy atom.